The number of aromatic nitrogens is 4. The third-order valence-corrected chi connectivity index (χ3v) is 6.94. The van der Waals surface area contributed by atoms with Crippen LogP contribution in [0.5, 0.6) is 0 Å². The van der Waals surface area contributed by atoms with Crippen LogP contribution in [-0.2, 0) is 11.2 Å². The maximum absolute atomic E-state index is 12.1. The fraction of sp³-hybridized carbons (Fsp3) is 0.308. The lowest BCUT2D eigenvalue weighted by Crippen LogP contribution is -2.74. The van der Waals surface area contributed by atoms with Gasteiger partial charge in [-0.25, -0.2) is 4.98 Å². The molecule has 2 aromatic carbocycles. The van der Waals surface area contributed by atoms with Gasteiger partial charge in [0.2, 0.25) is 0 Å². The standard InChI is InChI=1S/C26H26Cl2N6O2/c1-4-20-22-21(24(32-31-20)33-13-26(14-33,25(35)36)30-15(2)3)29-23(18-7-5-6-8-19(18)28)34(22)17-11-9-16(27)10-12-17/h5-12,15,30H,4,13-14H2,1-3H3,(H,35,36). The number of benzene rings is 2. The van der Waals surface area contributed by atoms with E-state index in [4.69, 9.17) is 28.2 Å². The molecule has 0 amide bonds. The van der Waals surface area contributed by atoms with Gasteiger partial charge in [-0.15, -0.1) is 5.10 Å². The number of nitrogens with one attached hydrogen (secondary N) is 1. The molecule has 36 heavy (non-hydrogen) atoms. The van der Waals surface area contributed by atoms with Gasteiger partial charge in [-0.3, -0.25) is 14.7 Å². The summed E-state index contributed by atoms with van der Waals surface area (Å²) in [6.07, 6.45) is 0.638. The fourth-order valence-corrected chi connectivity index (χ4v) is 5.10. The van der Waals surface area contributed by atoms with E-state index in [2.05, 4.69) is 15.5 Å². The lowest BCUT2D eigenvalue weighted by atomic mass is 9.89. The smallest absolute Gasteiger partial charge is 0.327 e. The molecule has 2 N–H and O–H groups in total. The van der Waals surface area contributed by atoms with Gasteiger partial charge >= 0.3 is 5.97 Å². The van der Waals surface area contributed by atoms with Crippen molar-refractivity contribution in [2.24, 2.45) is 0 Å². The van der Waals surface area contributed by atoms with Crippen molar-refractivity contribution in [2.75, 3.05) is 18.0 Å². The largest absolute Gasteiger partial charge is 0.480 e. The van der Waals surface area contributed by atoms with Gasteiger partial charge in [0.1, 0.15) is 16.9 Å². The molecule has 5 rings (SSSR count). The highest BCUT2D eigenvalue weighted by molar-refractivity contribution is 6.33. The summed E-state index contributed by atoms with van der Waals surface area (Å²) in [6.45, 7) is 6.40. The number of fused-ring (bicyclic) bond motifs is 1. The number of hydrogen-bond acceptors (Lipinski definition) is 6. The second-order valence-electron chi connectivity index (χ2n) is 9.29. The van der Waals surface area contributed by atoms with Crippen LogP contribution in [0.4, 0.5) is 5.82 Å². The number of carbonyl (C=O) groups is 1. The summed E-state index contributed by atoms with van der Waals surface area (Å²) in [7, 11) is 0. The minimum atomic E-state index is -1.05. The number of imidazole rings is 1. The van der Waals surface area contributed by atoms with Crippen molar-refractivity contribution in [1.82, 2.24) is 25.1 Å². The zero-order chi connectivity index (χ0) is 25.6. The van der Waals surface area contributed by atoms with Crippen molar-refractivity contribution in [1.29, 1.82) is 0 Å². The molecule has 10 heteroatoms. The van der Waals surface area contributed by atoms with Crippen LogP contribution in [0.2, 0.25) is 10.0 Å². The molecule has 8 nitrogen and oxygen atoms in total. The van der Waals surface area contributed by atoms with Crippen LogP contribution in [0.15, 0.2) is 48.5 Å². The average molecular weight is 525 g/mol. The minimum Gasteiger partial charge on any atom is -0.480 e. The van der Waals surface area contributed by atoms with E-state index in [0.29, 0.717) is 33.6 Å². The van der Waals surface area contributed by atoms with Gasteiger partial charge in [0, 0.05) is 22.3 Å². The van der Waals surface area contributed by atoms with E-state index in [0.717, 1.165) is 22.5 Å². The van der Waals surface area contributed by atoms with Crippen molar-refractivity contribution >= 4 is 46.0 Å². The first kappa shape index (κ1) is 24.5. The molecule has 1 fully saturated rings. The molecule has 1 aliphatic rings. The van der Waals surface area contributed by atoms with Crippen LogP contribution in [0.25, 0.3) is 28.1 Å². The molecule has 1 aliphatic heterocycles. The fourth-order valence-electron chi connectivity index (χ4n) is 4.76. The zero-order valence-electron chi connectivity index (χ0n) is 20.2. The summed E-state index contributed by atoms with van der Waals surface area (Å²) in [5, 5.41) is 23.4. The Kier molecular flexibility index (Phi) is 6.36. The van der Waals surface area contributed by atoms with Crippen molar-refractivity contribution in [3.63, 3.8) is 0 Å². The molecule has 2 aromatic heterocycles. The Labute approximate surface area is 218 Å². The first-order valence-corrected chi connectivity index (χ1v) is 12.5. The number of aliphatic carboxylic acids is 1. The normalized spacial score (nSPS) is 14.9. The number of anilines is 1. The van der Waals surface area contributed by atoms with Crippen LogP contribution in [-0.4, -0.2) is 55.5 Å². The lowest BCUT2D eigenvalue weighted by molar-refractivity contribution is -0.146. The van der Waals surface area contributed by atoms with Crippen LogP contribution in [0.3, 0.4) is 0 Å². The molecule has 1 saturated heterocycles. The number of carboxylic acids is 1. The predicted octanol–water partition coefficient (Wildman–Crippen LogP) is 4.99. The van der Waals surface area contributed by atoms with Crippen LogP contribution in [0, 0.1) is 0 Å². The van der Waals surface area contributed by atoms with Crippen LogP contribution in [0.1, 0.15) is 26.5 Å². The van der Waals surface area contributed by atoms with Crippen molar-refractivity contribution in [2.45, 2.75) is 38.8 Å². The minimum absolute atomic E-state index is 0.0211. The van der Waals surface area contributed by atoms with E-state index >= 15 is 0 Å². The molecule has 4 aromatic rings. The Hall–Kier alpha value is -3.20. The SMILES string of the molecule is CCc1nnc(N2CC(NC(C)C)(C(=O)O)C2)c2nc(-c3ccccc3Cl)n(-c3ccc(Cl)cc3)c12. The third kappa shape index (κ3) is 4.09. The summed E-state index contributed by atoms with van der Waals surface area (Å²) in [5.74, 6) is 0.310. The molecule has 0 spiro atoms. The van der Waals surface area contributed by atoms with E-state index in [-0.39, 0.29) is 19.1 Å². The molecule has 3 heterocycles. The number of nitrogens with zero attached hydrogens (tertiary/aromatic N) is 5. The van der Waals surface area contributed by atoms with Gasteiger partial charge in [-0.05, 0) is 56.7 Å². The first-order valence-electron chi connectivity index (χ1n) is 11.8. The van der Waals surface area contributed by atoms with E-state index in [1.165, 1.54) is 0 Å². The second kappa shape index (κ2) is 9.35. The molecule has 0 saturated carbocycles. The molecule has 186 valence electrons. The highest BCUT2D eigenvalue weighted by Gasteiger charge is 2.51. The maximum atomic E-state index is 12.1. The maximum Gasteiger partial charge on any atom is 0.327 e. The average Bonchev–Trinajstić information content (AvgIpc) is 3.21. The molecule has 0 atom stereocenters. The van der Waals surface area contributed by atoms with Crippen LogP contribution >= 0.6 is 23.2 Å². The zero-order valence-corrected chi connectivity index (χ0v) is 21.7. The quantitative estimate of drug-likeness (QED) is 0.351. The Morgan fingerprint density at radius 2 is 1.81 bits per heavy atom. The second-order valence-corrected chi connectivity index (χ2v) is 10.1. The van der Waals surface area contributed by atoms with Gasteiger partial charge < -0.3 is 10.0 Å². The molecule has 0 bridgehead atoms. The Balaban J connectivity index is 1.73. The van der Waals surface area contributed by atoms with Gasteiger partial charge in [0.25, 0.3) is 0 Å². The summed E-state index contributed by atoms with van der Waals surface area (Å²) in [6, 6.07) is 15.1. The predicted molar refractivity (Wildman–Crippen MR) is 142 cm³/mol. The van der Waals surface area contributed by atoms with Crippen LogP contribution < -0.4 is 10.2 Å². The number of carboxylic acid groups (broad SMARTS) is 1. The molecule has 0 aliphatic carbocycles. The van der Waals surface area contributed by atoms with E-state index in [1.54, 1.807) is 0 Å². The summed E-state index contributed by atoms with van der Waals surface area (Å²) in [5.41, 5.74) is 2.81. The third-order valence-electron chi connectivity index (χ3n) is 6.36. The van der Waals surface area contributed by atoms with E-state index < -0.39 is 11.5 Å². The molecule has 0 unspecified atom stereocenters. The summed E-state index contributed by atoms with van der Waals surface area (Å²) >= 11 is 12.8. The van der Waals surface area contributed by atoms with E-state index in [9.17, 15) is 9.90 Å². The number of aryl methyl sites for hydroxylation is 1. The molecular formula is C26H26Cl2N6O2. The van der Waals surface area contributed by atoms with Gasteiger partial charge in [-0.2, -0.15) is 5.10 Å². The highest BCUT2D eigenvalue weighted by atomic mass is 35.5. The lowest BCUT2D eigenvalue weighted by Gasteiger charge is -2.48. The van der Waals surface area contributed by atoms with E-state index in [1.807, 2.05) is 78.8 Å². The number of rotatable bonds is 7. The van der Waals surface area contributed by atoms with Crippen molar-refractivity contribution in [3.05, 3.63) is 64.3 Å². The van der Waals surface area contributed by atoms with Gasteiger partial charge in [0.05, 0.1) is 23.8 Å². The monoisotopic (exact) mass is 524 g/mol. The Morgan fingerprint density at radius 1 is 1.11 bits per heavy atom. The highest BCUT2D eigenvalue weighted by Crippen LogP contribution is 2.38. The number of hydrogen-bond donors (Lipinski definition) is 2. The molecular weight excluding hydrogens is 499 g/mol. The summed E-state index contributed by atoms with van der Waals surface area (Å²) in [4.78, 5) is 19.1. The topological polar surface area (TPSA) is 96.2 Å². The van der Waals surface area contributed by atoms with Crippen molar-refractivity contribution in [3.8, 4) is 17.1 Å². The van der Waals surface area contributed by atoms with Crippen molar-refractivity contribution < 1.29 is 9.90 Å². The van der Waals surface area contributed by atoms with Gasteiger partial charge in [-0.1, -0.05) is 42.3 Å². The Morgan fingerprint density at radius 3 is 2.42 bits per heavy atom. The van der Waals surface area contributed by atoms with Gasteiger partial charge in [0.15, 0.2) is 11.4 Å². The molecule has 0 radical (unpaired) electrons. The Bertz CT molecular complexity index is 1450. The number of halogens is 2. The first-order chi connectivity index (χ1) is 17.2. The summed E-state index contributed by atoms with van der Waals surface area (Å²) < 4.78 is 2.03.